The monoisotopic (exact) mass is 259 g/mol. The van der Waals surface area contributed by atoms with Gasteiger partial charge in [-0.2, -0.15) is 0 Å². The van der Waals surface area contributed by atoms with Crippen molar-refractivity contribution in [2.75, 3.05) is 26.2 Å². The van der Waals surface area contributed by atoms with Gasteiger partial charge in [0.15, 0.2) is 0 Å². The molecule has 17 heavy (non-hydrogen) atoms. The van der Waals surface area contributed by atoms with Crippen molar-refractivity contribution in [3.05, 3.63) is 0 Å². The summed E-state index contributed by atoms with van der Waals surface area (Å²) in [6.07, 6.45) is 0.666. The third-order valence-electron chi connectivity index (χ3n) is 2.83. The summed E-state index contributed by atoms with van der Waals surface area (Å²) in [4.78, 5) is 16.4. The summed E-state index contributed by atoms with van der Waals surface area (Å²) in [5.74, 6) is 0.173. The number of carbonyl (C=O) groups excluding carboxylic acids is 1. The van der Waals surface area contributed by atoms with E-state index >= 15 is 0 Å². The van der Waals surface area contributed by atoms with Crippen molar-refractivity contribution < 1.29 is 4.79 Å². The lowest BCUT2D eigenvalue weighted by molar-refractivity contribution is -0.132. The molecular formula is C12H25N3OS. The Morgan fingerprint density at radius 1 is 1.29 bits per heavy atom. The number of carbonyl (C=O) groups is 1. The first-order chi connectivity index (χ1) is 7.92. The Hall–Kier alpha value is -0.680. The molecule has 0 radical (unpaired) electrons. The van der Waals surface area contributed by atoms with E-state index in [1.165, 1.54) is 0 Å². The summed E-state index contributed by atoms with van der Waals surface area (Å²) in [7, 11) is 0. The topological polar surface area (TPSA) is 49.6 Å². The Bertz CT molecular complexity index is 252. The first-order valence-corrected chi connectivity index (χ1v) is 6.63. The van der Waals surface area contributed by atoms with E-state index < -0.39 is 0 Å². The average molecular weight is 259 g/mol. The van der Waals surface area contributed by atoms with Crippen molar-refractivity contribution >= 4 is 23.1 Å². The molecule has 0 saturated carbocycles. The quantitative estimate of drug-likeness (QED) is 0.666. The Labute approximate surface area is 110 Å². The fourth-order valence-corrected chi connectivity index (χ4v) is 1.71. The molecule has 5 heteroatoms. The van der Waals surface area contributed by atoms with Crippen LogP contribution in [0.3, 0.4) is 0 Å². The maximum Gasteiger partial charge on any atom is 0.236 e. The van der Waals surface area contributed by atoms with Crippen molar-refractivity contribution in [3.8, 4) is 0 Å². The van der Waals surface area contributed by atoms with Crippen LogP contribution in [0.4, 0.5) is 0 Å². The number of hydrogen-bond donors (Lipinski definition) is 1. The smallest absolute Gasteiger partial charge is 0.236 e. The lowest BCUT2D eigenvalue weighted by atomic mass is 10.2. The van der Waals surface area contributed by atoms with Gasteiger partial charge in [0.1, 0.15) is 0 Å². The first kappa shape index (κ1) is 16.3. The highest BCUT2D eigenvalue weighted by Crippen LogP contribution is 2.02. The molecule has 0 bridgehead atoms. The molecule has 2 N–H and O–H groups in total. The van der Waals surface area contributed by atoms with Crippen molar-refractivity contribution in [1.82, 2.24) is 9.80 Å². The Balaban J connectivity index is 4.33. The van der Waals surface area contributed by atoms with Crippen LogP contribution in [0.15, 0.2) is 0 Å². The van der Waals surface area contributed by atoms with E-state index in [2.05, 4.69) is 18.7 Å². The van der Waals surface area contributed by atoms with Crippen LogP contribution in [0.1, 0.15) is 34.1 Å². The largest absolute Gasteiger partial charge is 0.393 e. The fourth-order valence-electron chi connectivity index (χ4n) is 1.62. The molecule has 0 heterocycles. The van der Waals surface area contributed by atoms with Crippen LogP contribution in [0.25, 0.3) is 0 Å². The molecule has 0 aromatic rings. The third kappa shape index (κ3) is 6.58. The van der Waals surface area contributed by atoms with Gasteiger partial charge in [0.2, 0.25) is 5.91 Å². The minimum absolute atomic E-state index is 0.173. The highest BCUT2D eigenvalue weighted by Gasteiger charge is 2.17. The maximum absolute atomic E-state index is 12.0. The average Bonchev–Trinajstić information content (AvgIpc) is 2.25. The van der Waals surface area contributed by atoms with Crippen molar-refractivity contribution in [3.63, 3.8) is 0 Å². The van der Waals surface area contributed by atoms with Gasteiger partial charge in [0.05, 0.1) is 11.5 Å². The van der Waals surface area contributed by atoms with E-state index in [0.29, 0.717) is 24.0 Å². The molecule has 0 aliphatic rings. The maximum atomic E-state index is 12.0. The van der Waals surface area contributed by atoms with Crippen LogP contribution in [-0.2, 0) is 4.79 Å². The normalized spacial score (nSPS) is 10.9. The Kier molecular flexibility index (Phi) is 8.08. The van der Waals surface area contributed by atoms with Gasteiger partial charge in [-0.3, -0.25) is 9.69 Å². The van der Waals surface area contributed by atoms with Crippen molar-refractivity contribution in [2.24, 2.45) is 5.73 Å². The minimum Gasteiger partial charge on any atom is -0.393 e. The zero-order valence-corrected chi connectivity index (χ0v) is 12.2. The molecule has 0 rings (SSSR count). The van der Waals surface area contributed by atoms with Gasteiger partial charge >= 0.3 is 0 Å². The van der Waals surface area contributed by atoms with Gasteiger partial charge < -0.3 is 10.6 Å². The molecule has 0 saturated heterocycles. The van der Waals surface area contributed by atoms with Crippen LogP contribution >= 0.6 is 12.2 Å². The summed E-state index contributed by atoms with van der Waals surface area (Å²) in [5, 5.41) is 0. The van der Waals surface area contributed by atoms with E-state index in [1.54, 1.807) is 0 Å². The molecule has 0 aromatic carbocycles. The third-order valence-corrected chi connectivity index (χ3v) is 3.03. The van der Waals surface area contributed by atoms with Crippen LogP contribution in [0.5, 0.6) is 0 Å². The van der Waals surface area contributed by atoms with Crippen LogP contribution in [0, 0.1) is 0 Å². The number of nitrogens with zero attached hydrogens (tertiary/aromatic N) is 2. The van der Waals surface area contributed by atoms with E-state index in [9.17, 15) is 4.79 Å². The van der Waals surface area contributed by atoms with Gasteiger partial charge in [0, 0.05) is 32.1 Å². The fraction of sp³-hybridized carbons (Fsp3) is 0.833. The number of thiocarbonyl (C=S) groups is 1. The Morgan fingerprint density at radius 2 is 1.82 bits per heavy atom. The molecule has 0 aliphatic carbocycles. The van der Waals surface area contributed by atoms with Crippen LogP contribution < -0.4 is 5.73 Å². The van der Waals surface area contributed by atoms with Crippen LogP contribution in [-0.4, -0.2) is 52.9 Å². The predicted molar refractivity (Wildman–Crippen MR) is 76.0 cm³/mol. The molecule has 0 fully saturated rings. The lowest BCUT2D eigenvalue weighted by Crippen LogP contribution is -2.43. The second kappa shape index (κ2) is 8.42. The van der Waals surface area contributed by atoms with Gasteiger partial charge in [-0.25, -0.2) is 0 Å². The SMILES string of the molecule is CCN(CC)C(=O)CN(CCC(N)=S)C(C)C. The van der Waals surface area contributed by atoms with E-state index in [1.807, 2.05) is 18.7 Å². The number of nitrogens with two attached hydrogens (primary N) is 1. The molecule has 100 valence electrons. The summed E-state index contributed by atoms with van der Waals surface area (Å²) < 4.78 is 0. The minimum atomic E-state index is 0.173. The molecule has 0 aliphatic heterocycles. The lowest BCUT2D eigenvalue weighted by Gasteiger charge is -2.28. The number of amides is 1. The standard InChI is InChI=1S/C12H25N3OS/c1-5-14(6-2)12(16)9-15(10(3)4)8-7-11(13)17/h10H,5-9H2,1-4H3,(H2,13,17). The molecule has 0 aromatic heterocycles. The van der Waals surface area contributed by atoms with Gasteiger partial charge in [-0.15, -0.1) is 0 Å². The highest BCUT2D eigenvalue weighted by atomic mass is 32.1. The van der Waals surface area contributed by atoms with Gasteiger partial charge in [-0.1, -0.05) is 12.2 Å². The summed E-state index contributed by atoms with van der Waals surface area (Å²) >= 11 is 4.87. The van der Waals surface area contributed by atoms with Crippen molar-refractivity contribution in [2.45, 2.75) is 40.2 Å². The molecular weight excluding hydrogens is 234 g/mol. The van der Waals surface area contributed by atoms with Gasteiger partial charge in [0.25, 0.3) is 0 Å². The van der Waals surface area contributed by atoms with E-state index in [4.69, 9.17) is 18.0 Å². The number of likely N-dealkylation sites (N-methyl/N-ethyl adjacent to an activating group) is 1. The number of hydrogen-bond acceptors (Lipinski definition) is 3. The molecule has 0 spiro atoms. The number of rotatable bonds is 8. The molecule has 0 unspecified atom stereocenters. The first-order valence-electron chi connectivity index (χ1n) is 6.22. The zero-order chi connectivity index (χ0) is 13.4. The van der Waals surface area contributed by atoms with E-state index in [0.717, 1.165) is 19.6 Å². The highest BCUT2D eigenvalue weighted by molar-refractivity contribution is 7.80. The molecule has 4 nitrogen and oxygen atoms in total. The predicted octanol–water partition coefficient (Wildman–Crippen LogP) is 1.24. The summed E-state index contributed by atoms with van der Waals surface area (Å²) in [5.41, 5.74) is 5.49. The Morgan fingerprint density at radius 3 is 2.18 bits per heavy atom. The van der Waals surface area contributed by atoms with Crippen LogP contribution in [0.2, 0.25) is 0 Å². The second-order valence-electron chi connectivity index (χ2n) is 4.35. The molecule has 0 atom stereocenters. The zero-order valence-electron chi connectivity index (χ0n) is 11.4. The second-order valence-corrected chi connectivity index (χ2v) is 4.87. The molecule has 1 amide bonds. The van der Waals surface area contributed by atoms with Crippen molar-refractivity contribution in [1.29, 1.82) is 0 Å². The summed E-state index contributed by atoms with van der Waals surface area (Å²) in [6, 6.07) is 0.323. The van der Waals surface area contributed by atoms with E-state index in [-0.39, 0.29) is 5.91 Å². The van der Waals surface area contributed by atoms with Gasteiger partial charge in [-0.05, 0) is 27.7 Å². The summed E-state index contributed by atoms with van der Waals surface area (Å²) in [6.45, 7) is 10.9.